The number of aromatic nitrogens is 3. The Balaban J connectivity index is 1.28. The Morgan fingerprint density at radius 3 is 2.91 bits per heavy atom. The first-order valence-electron chi connectivity index (χ1n) is 15.0. The number of hydrogen-bond donors (Lipinski definition) is 1. The van der Waals surface area contributed by atoms with Gasteiger partial charge in [-0.1, -0.05) is 12.0 Å². The maximum Gasteiger partial charge on any atom is 0.319 e. The third-order valence-electron chi connectivity index (χ3n) is 9.69. The molecule has 0 amide bonds. The molecule has 0 aliphatic carbocycles. The van der Waals surface area contributed by atoms with Crippen LogP contribution in [0.2, 0.25) is 0 Å². The lowest BCUT2D eigenvalue weighted by atomic mass is 9.95. The maximum atomic E-state index is 16.7. The number of nitrogens with zero attached hydrogens (tertiary/aromatic N) is 5. The molecule has 4 aromatic rings. The van der Waals surface area contributed by atoms with E-state index in [9.17, 15) is 13.9 Å². The summed E-state index contributed by atoms with van der Waals surface area (Å²) >= 11 is 0. The lowest BCUT2D eigenvalue weighted by Gasteiger charge is -2.33. The molecule has 0 radical (unpaired) electrons. The quantitative estimate of drug-likeness (QED) is 0.321. The van der Waals surface area contributed by atoms with Crippen LogP contribution in [0.3, 0.4) is 0 Å². The molecule has 4 atom stereocenters. The zero-order valence-corrected chi connectivity index (χ0v) is 23.9. The van der Waals surface area contributed by atoms with E-state index in [1.165, 1.54) is 30.5 Å². The number of halogens is 3. The molecule has 1 N–H and O–H groups in total. The van der Waals surface area contributed by atoms with Gasteiger partial charge in [0.25, 0.3) is 0 Å². The number of pyridine rings is 1. The van der Waals surface area contributed by atoms with Crippen molar-refractivity contribution in [2.45, 2.75) is 43.5 Å². The van der Waals surface area contributed by atoms with Gasteiger partial charge in [0.05, 0.1) is 29.2 Å². The fourth-order valence-corrected chi connectivity index (χ4v) is 7.75. The zero-order chi connectivity index (χ0) is 30.2. The summed E-state index contributed by atoms with van der Waals surface area (Å²) in [7, 11) is 0. The summed E-state index contributed by atoms with van der Waals surface area (Å²) in [5.41, 5.74) is -0.527. The van der Waals surface area contributed by atoms with Crippen molar-refractivity contribution in [2.75, 3.05) is 44.3 Å². The van der Waals surface area contributed by atoms with Gasteiger partial charge in [-0.25, -0.2) is 13.2 Å². The molecule has 44 heavy (non-hydrogen) atoms. The van der Waals surface area contributed by atoms with Gasteiger partial charge >= 0.3 is 6.01 Å². The average molecular weight is 602 g/mol. The molecule has 11 heteroatoms. The van der Waals surface area contributed by atoms with Crippen molar-refractivity contribution in [3.8, 4) is 35.4 Å². The Morgan fingerprint density at radius 1 is 1.18 bits per heavy atom. The molecule has 4 aliphatic rings. The van der Waals surface area contributed by atoms with Crippen molar-refractivity contribution in [3.05, 3.63) is 47.7 Å². The molecule has 2 bridgehead atoms. The molecule has 6 heterocycles. The number of terminal acetylenes is 1. The molecule has 2 aromatic carbocycles. The summed E-state index contributed by atoms with van der Waals surface area (Å²) in [5.74, 6) is 1.59. The number of aromatic hydroxyl groups is 1. The Morgan fingerprint density at radius 2 is 2.07 bits per heavy atom. The van der Waals surface area contributed by atoms with Crippen LogP contribution in [0.15, 0.2) is 30.5 Å². The van der Waals surface area contributed by atoms with E-state index in [0.29, 0.717) is 55.2 Å². The smallest absolute Gasteiger partial charge is 0.319 e. The molecular weight excluding hydrogens is 571 g/mol. The van der Waals surface area contributed by atoms with Crippen LogP contribution in [0, 0.1) is 29.9 Å². The Kier molecular flexibility index (Phi) is 6.36. The number of anilines is 1. The number of alkyl halides is 1. The van der Waals surface area contributed by atoms with Gasteiger partial charge in [0.2, 0.25) is 0 Å². The topological polar surface area (TPSA) is 83.8 Å². The number of hydrogen-bond acceptors (Lipinski definition) is 8. The lowest BCUT2D eigenvalue weighted by Crippen LogP contribution is -2.43. The maximum absolute atomic E-state index is 16.7. The van der Waals surface area contributed by atoms with Crippen molar-refractivity contribution in [3.63, 3.8) is 0 Å². The highest BCUT2D eigenvalue weighted by Gasteiger charge is 2.49. The highest BCUT2D eigenvalue weighted by molar-refractivity contribution is 6.03. The molecule has 4 aliphatic heterocycles. The van der Waals surface area contributed by atoms with Crippen LogP contribution >= 0.6 is 0 Å². The van der Waals surface area contributed by atoms with Gasteiger partial charge in [-0.15, -0.1) is 6.42 Å². The molecule has 4 fully saturated rings. The second-order valence-electron chi connectivity index (χ2n) is 12.5. The number of phenolic OH excluding ortho intramolecular Hbond substituents is 1. The first-order chi connectivity index (χ1) is 21.3. The third kappa shape index (κ3) is 4.34. The molecule has 8 rings (SSSR count). The fourth-order valence-electron chi connectivity index (χ4n) is 7.75. The van der Waals surface area contributed by atoms with E-state index in [4.69, 9.17) is 20.9 Å². The highest BCUT2D eigenvalue weighted by Crippen LogP contribution is 2.42. The minimum atomic E-state index is -0.920. The van der Waals surface area contributed by atoms with Crippen LogP contribution < -0.4 is 9.64 Å². The largest absolute Gasteiger partial charge is 0.508 e. The Bertz CT molecular complexity index is 1850. The minimum Gasteiger partial charge on any atom is -0.508 e. The number of phenols is 1. The second-order valence-corrected chi connectivity index (χ2v) is 12.5. The van der Waals surface area contributed by atoms with Gasteiger partial charge in [-0.05, 0) is 49.4 Å². The number of benzene rings is 2. The number of rotatable bonds is 5. The van der Waals surface area contributed by atoms with Crippen molar-refractivity contribution < 1.29 is 27.8 Å². The molecule has 0 unspecified atom stereocenters. The molecule has 0 spiro atoms. The van der Waals surface area contributed by atoms with Crippen LogP contribution in [-0.2, 0) is 4.74 Å². The normalized spacial score (nSPS) is 26.4. The fraction of sp³-hybridized carbons (Fsp3) is 0.424. The van der Waals surface area contributed by atoms with E-state index < -0.39 is 23.3 Å². The van der Waals surface area contributed by atoms with E-state index >= 15 is 4.39 Å². The minimum absolute atomic E-state index is 0.0120. The number of ether oxygens (including phenoxy) is 2. The average Bonchev–Trinajstić information content (AvgIpc) is 3.66. The first kappa shape index (κ1) is 27.4. The van der Waals surface area contributed by atoms with E-state index in [0.717, 1.165) is 25.8 Å². The van der Waals surface area contributed by atoms with Gasteiger partial charge in [0, 0.05) is 49.1 Å². The van der Waals surface area contributed by atoms with Crippen LogP contribution in [0.5, 0.6) is 11.8 Å². The zero-order valence-electron chi connectivity index (χ0n) is 23.9. The summed E-state index contributed by atoms with van der Waals surface area (Å²) < 4.78 is 58.0. The van der Waals surface area contributed by atoms with Gasteiger partial charge < -0.3 is 19.5 Å². The Labute approximate surface area is 251 Å². The number of piperidine rings is 1. The molecule has 2 aromatic heterocycles. The van der Waals surface area contributed by atoms with Crippen LogP contribution in [0.25, 0.3) is 32.9 Å². The first-order valence-corrected chi connectivity index (χ1v) is 15.0. The van der Waals surface area contributed by atoms with E-state index in [2.05, 4.69) is 25.7 Å². The van der Waals surface area contributed by atoms with Crippen LogP contribution in [0.1, 0.15) is 31.2 Å². The van der Waals surface area contributed by atoms with E-state index in [-0.39, 0.29) is 52.2 Å². The highest BCUT2D eigenvalue weighted by atomic mass is 19.1. The summed E-state index contributed by atoms with van der Waals surface area (Å²) in [6, 6.07) is 5.43. The van der Waals surface area contributed by atoms with Crippen LogP contribution in [-0.4, -0.2) is 82.2 Å². The molecule has 8 nitrogen and oxygen atoms in total. The standard InChI is InChI=1S/C33H30F3N5O3/c1-2-23-26(35)5-4-19-9-21(42)10-24(27(19)23)29-28(36)30-25(12-37-29)31(40-13-18-8-22(15-40)43-16-18)39-32(38-30)44-17-33-6-3-7-41(33)14-20(34)11-33/h1,4-5,9-10,12,18,20,22,42H,3,6-8,11,13-17H2/t18-,20+,22+,33-/m0/s1. The summed E-state index contributed by atoms with van der Waals surface area (Å²) in [6.45, 7) is 3.29. The lowest BCUT2D eigenvalue weighted by molar-refractivity contribution is 0.107. The second kappa shape index (κ2) is 10.2. The van der Waals surface area contributed by atoms with Crippen molar-refractivity contribution in [2.24, 2.45) is 5.92 Å². The predicted molar refractivity (Wildman–Crippen MR) is 158 cm³/mol. The molecule has 4 saturated heterocycles. The molecular formula is C33H30F3N5O3. The van der Waals surface area contributed by atoms with Crippen molar-refractivity contribution >= 4 is 27.5 Å². The molecule has 226 valence electrons. The van der Waals surface area contributed by atoms with E-state index in [1.54, 1.807) is 0 Å². The van der Waals surface area contributed by atoms with Gasteiger partial charge in [0.15, 0.2) is 5.82 Å². The summed E-state index contributed by atoms with van der Waals surface area (Å²) in [5, 5.41) is 11.6. The van der Waals surface area contributed by atoms with Crippen molar-refractivity contribution in [1.82, 2.24) is 19.9 Å². The summed E-state index contributed by atoms with van der Waals surface area (Å²) in [4.78, 5) is 18.0. The molecule has 0 saturated carbocycles. The SMILES string of the molecule is C#Cc1c(F)ccc2cc(O)cc(-c3ncc4c(N5C[C@H]6CO[C@H](C6)C5)nc(OC[C@@]56CCCN5C[C@H](F)C6)nc4c3F)c12. The number of fused-ring (bicyclic) bond motifs is 5. The monoisotopic (exact) mass is 601 g/mol. The third-order valence-corrected chi connectivity index (χ3v) is 9.69. The van der Waals surface area contributed by atoms with Gasteiger partial charge in [0.1, 0.15) is 41.4 Å². The van der Waals surface area contributed by atoms with Gasteiger partial charge in [-0.3, -0.25) is 9.88 Å². The van der Waals surface area contributed by atoms with Gasteiger partial charge in [-0.2, -0.15) is 9.97 Å². The Hall–Kier alpha value is -4.14. The van der Waals surface area contributed by atoms with Crippen molar-refractivity contribution in [1.29, 1.82) is 0 Å². The van der Waals surface area contributed by atoms with E-state index in [1.807, 2.05) is 0 Å². The predicted octanol–water partition coefficient (Wildman–Crippen LogP) is 4.99. The van der Waals surface area contributed by atoms with Crippen LogP contribution in [0.4, 0.5) is 19.0 Å². The summed E-state index contributed by atoms with van der Waals surface area (Å²) in [6.07, 6.45) is 9.38.